The first-order valence-corrected chi connectivity index (χ1v) is 6.28. The minimum Gasteiger partial charge on any atom is -0.314 e. The number of likely N-dealkylation sites (N-methyl/N-ethyl adjacent to an activating group) is 1. The number of hydrogen-bond donors (Lipinski definition) is 1. The van der Waals surface area contributed by atoms with Crippen molar-refractivity contribution in [2.75, 3.05) is 6.54 Å². The summed E-state index contributed by atoms with van der Waals surface area (Å²) in [7, 11) is 0. The molecule has 16 heavy (non-hydrogen) atoms. The zero-order chi connectivity index (χ0) is 12.3. The number of aryl methyl sites for hydroxylation is 3. The van der Waals surface area contributed by atoms with Crippen molar-refractivity contribution in [1.82, 2.24) is 5.32 Å². The summed E-state index contributed by atoms with van der Waals surface area (Å²) in [4.78, 5) is 0. The molecule has 1 nitrogen and oxygen atoms in total. The summed E-state index contributed by atoms with van der Waals surface area (Å²) in [5, 5.41) is 3.51. The molecule has 0 fully saturated rings. The molecular weight excluding hydrogens is 194 g/mol. The van der Waals surface area contributed by atoms with Crippen LogP contribution in [0.25, 0.3) is 0 Å². The van der Waals surface area contributed by atoms with Gasteiger partial charge in [0, 0.05) is 6.04 Å². The lowest BCUT2D eigenvalue weighted by Gasteiger charge is -2.23. The van der Waals surface area contributed by atoms with Crippen molar-refractivity contribution in [2.45, 2.75) is 53.5 Å². The van der Waals surface area contributed by atoms with Crippen LogP contribution < -0.4 is 5.32 Å². The highest BCUT2D eigenvalue weighted by Gasteiger charge is 2.15. The summed E-state index contributed by atoms with van der Waals surface area (Å²) in [5.41, 5.74) is 5.69. The first-order valence-electron chi connectivity index (χ1n) is 6.28. The molecule has 0 aliphatic carbocycles. The molecule has 0 saturated heterocycles. The highest BCUT2D eigenvalue weighted by molar-refractivity contribution is 5.38. The van der Waals surface area contributed by atoms with Gasteiger partial charge in [0.1, 0.15) is 0 Å². The predicted molar refractivity (Wildman–Crippen MR) is 72.2 cm³/mol. The van der Waals surface area contributed by atoms with Gasteiger partial charge in [0.2, 0.25) is 0 Å². The molecule has 1 aromatic rings. The molecule has 2 unspecified atom stereocenters. The van der Waals surface area contributed by atoms with E-state index in [0.717, 1.165) is 6.54 Å². The first-order chi connectivity index (χ1) is 7.47. The predicted octanol–water partition coefficient (Wildman–Crippen LogP) is 3.71. The molecule has 0 amide bonds. The summed E-state index contributed by atoms with van der Waals surface area (Å²) >= 11 is 0. The van der Waals surface area contributed by atoms with Crippen molar-refractivity contribution in [3.8, 4) is 0 Å². The Labute approximate surface area is 100 Å². The molecule has 1 aromatic carbocycles. The van der Waals surface area contributed by atoms with Crippen LogP contribution in [0, 0.1) is 20.8 Å². The lowest BCUT2D eigenvalue weighted by molar-refractivity contribution is 0.493. The van der Waals surface area contributed by atoms with Gasteiger partial charge in [-0.3, -0.25) is 0 Å². The van der Waals surface area contributed by atoms with Crippen LogP contribution >= 0.6 is 0 Å². The first kappa shape index (κ1) is 13.2. The van der Waals surface area contributed by atoms with Crippen LogP contribution in [-0.2, 0) is 0 Å². The van der Waals surface area contributed by atoms with Crippen molar-refractivity contribution in [1.29, 1.82) is 0 Å². The van der Waals surface area contributed by atoms with Crippen LogP contribution in [0.2, 0.25) is 0 Å². The maximum absolute atomic E-state index is 3.51. The van der Waals surface area contributed by atoms with E-state index in [1.165, 1.54) is 22.3 Å². The topological polar surface area (TPSA) is 12.0 Å². The smallest absolute Gasteiger partial charge is 0.0105 e. The van der Waals surface area contributed by atoms with Crippen LogP contribution in [0.3, 0.4) is 0 Å². The van der Waals surface area contributed by atoms with E-state index in [0.29, 0.717) is 12.0 Å². The van der Waals surface area contributed by atoms with Crippen LogP contribution in [0.5, 0.6) is 0 Å². The molecule has 0 aliphatic rings. The van der Waals surface area contributed by atoms with Gasteiger partial charge in [0.05, 0.1) is 0 Å². The number of benzene rings is 1. The minimum absolute atomic E-state index is 0.533. The lowest BCUT2D eigenvalue weighted by atomic mass is 9.88. The van der Waals surface area contributed by atoms with Gasteiger partial charge >= 0.3 is 0 Å². The van der Waals surface area contributed by atoms with Crippen LogP contribution in [0.4, 0.5) is 0 Å². The third-order valence-corrected chi connectivity index (χ3v) is 3.65. The van der Waals surface area contributed by atoms with Gasteiger partial charge < -0.3 is 5.32 Å². The van der Waals surface area contributed by atoms with Gasteiger partial charge in [-0.1, -0.05) is 26.0 Å². The fourth-order valence-electron chi connectivity index (χ4n) is 2.24. The zero-order valence-corrected chi connectivity index (χ0v) is 11.5. The quantitative estimate of drug-likeness (QED) is 0.814. The van der Waals surface area contributed by atoms with Crippen LogP contribution in [0.15, 0.2) is 12.1 Å². The van der Waals surface area contributed by atoms with Gasteiger partial charge in [-0.25, -0.2) is 0 Å². The Kier molecular flexibility index (Phi) is 4.55. The van der Waals surface area contributed by atoms with Crippen molar-refractivity contribution in [3.63, 3.8) is 0 Å². The van der Waals surface area contributed by atoms with E-state index >= 15 is 0 Å². The largest absolute Gasteiger partial charge is 0.314 e. The second-order valence-corrected chi connectivity index (χ2v) is 4.93. The van der Waals surface area contributed by atoms with E-state index in [1.54, 1.807) is 0 Å². The fraction of sp³-hybridized carbons (Fsp3) is 0.600. The molecule has 0 saturated carbocycles. The molecule has 0 heterocycles. The second kappa shape index (κ2) is 5.49. The molecule has 0 radical (unpaired) electrons. The molecule has 0 aliphatic heterocycles. The second-order valence-electron chi connectivity index (χ2n) is 4.93. The average Bonchev–Trinajstić information content (AvgIpc) is 2.23. The van der Waals surface area contributed by atoms with Crippen molar-refractivity contribution < 1.29 is 0 Å². The Morgan fingerprint density at radius 2 is 1.56 bits per heavy atom. The molecule has 0 aromatic heterocycles. The molecule has 90 valence electrons. The summed E-state index contributed by atoms with van der Waals surface area (Å²) in [6.45, 7) is 14.4. The Balaban J connectivity index is 2.99. The summed E-state index contributed by atoms with van der Waals surface area (Å²) in [5.74, 6) is 0.569. The third kappa shape index (κ3) is 2.85. The van der Waals surface area contributed by atoms with E-state index < -0.39 is 0 Å². The summed E-state index contributed by atoms with van der Waals surface area (Å²) in [6, 6.07) is 5.19. The van der Waals surface area contributed by atoms with Gasteiger partial charge in [0.15, 0.2) is 0 Å². The highest BCUT2D eigenvalue weighted by atomic mass is 14.9. The van der Waals surface area contributed by atoms with Gasteiger partial charge in [-0.05, 0) is 62.4 Å². The average molecular weight is 219 g/mol. The maximum Gasteiger partial charge on any atom is 0.0105 e. The molecule has 1 rings (SSSR count). The standard InChI is InChI=1S/C15H25N/c1-7-16-14(6)13(5)15-9-11(3)10(2)8-12(15)4/h8-9,13-14,16H,7H2,1-6H3. The lowest BCUT2D eigenvalue weighted by Crippen LogP contribution is -2.31. The molecular formula is C15H25N. The van der Waals surface area contributed by atoms with E-state index in [4.69, 9.17) is 0 Å². The van der Waals surface area contributed by atoms with E-state index in [2.05, 4.69) is 59.0 Å². The molecule has 0 spiro atoms. The zero-order valence-electron chi connectivity index (χ0n) is 11.5. The Morgan fingerprint density at radius 3 is 2.12 bits per heavy atom. The molecule has 1 heteroatoms. The molecule has 2 atom stereocenters. The molecule has 0 bridgehead atoms. The highest BCUT2D eigenvalue weighted by Crippen LogP contribution is 2.25. The van der Waals surface area contributed by atoms with Gasteiger partial charge in [0.25, 0.3) is 0 Å². The SMILES string of the molecule is CCNC(C)C(C)c1cc(C)c(C)cc1C. The summed E-state index contributed by atoms with van der Waals surface area (Å²) in [6.07, 6.45) is 0. The monoisotopic (exact) mass is 219 g/mol. The Hall–Kier alpha value is -0.820. The normalized spacial score (nSPS) is 14.9. The molecule has 1 N–H and O–H groups in total. The number of hydrogen-bond acceptors (Lipinski definition) is 1. The van der Waals surface area contributed by atoms with Crippen molar-refractivity contribution >= 4 is 0 Å². The third-order valence-electron chi connectivity index (χ3n) is 3.65. The number of nitrogens with one attached hydrogen (secondary N) is 1. The van der Waals surface area contributed by atoms with Gasteiger partial charge in [-0.2, -0.15) is 0 Å². The minimum atomic E-state index is 0.533. The number of rotatable bonds is 4. The Morgan fingerprint density at radius 1 is 1.00 bits per heavy atom. The Bertz CT molecular complexity index is 355. The maximum atomic E-state index is 3.51. The van der Waals surface area contributed by atoms with Crippen molar-refractivity contribution in [2.24, 2.45) is 0 Å². The van der Waals surface area contributed by atoms with E-state index in [9.17, 15) is 0 Å². The summed E-state index contributed by atoms with van der Waals surface area (Å²) < 4.78 is 0. The van der Waals surface area contributed by atoms with E-state index in [1.807, 2.05) is 0 Å². The van der Waals surface area contributed by atoms with Crippen molar-refractivity contribution in [3.05, 3.63) is 34.4 Å². The van der Waals surface area contributed by atoms with Crippen LogP contribution in [-0.4, -0.2) is 12.6 Å². The van der Waals surface area contributed by atoms with E-state index in [-0.39, 0.29) is 0 Å². The van der Waals surface area contributed by atoms with Gasteiger partial charge in [-0.15, -0.1) is 0 Å². The fourth-order valence-corrected chi connectivity index (χ4v) is 2.24. The van der Waals surface area contributed by atoms with Crippen LogP contribution in [0.1, 0.15) is 48.9 Å².